The van der Waals surface area contributed by atoms with Gasteiger partial charge in [0.2, 0.25) is 11.7 Å². The van der Waals surface area contributed by atoms with Gasteiger partial charge >= 0.3 is 0 Å². The molecule has 0 bridgehead atoms. The summed E-state index contributed by atoms with van der Waals surface area (Å²) in [5.41, 5.74) is 0.516. The molecular formula is C23H29Cl2N5O2. The van der Waals surface area contributed by atoms with Crippen molar-refractivity contribution in [2.24, 2.45) is 5.92 Å². The van der Waals surface area contributed by atoms with Crippen molar-refractivity contribution in [2.75, 3.05) is 13.1 Å². The number of carbonyl (C=O) groups is 2. The zero-order chi connectivity index (χ0) is 22.7. The third kappa shape index (κ3) is 4.94. The van der Waals surface area contributed by atoms with E-state index < -0.39 is 0 Å². The number of aryl methyl sites for hydroxylation is 1. The highest BCUT2D eigenvalue weighted by atomic mass is 35.5. The first-order chi connectivity index (χ1) is 15.5. The van der Waals surface area contributed by atoms with E-state index in [-0.39, 0.29) is 29.6 Å². The molecule has 1 unspecified atom stereocenters. The Hall–Kier alpha value is -2.12. The van der Waals surface area contributed by atoms with Crippen molar-refractivity contribution in [3.05, 3.63) is 39.9 Å². The van der Waals surface area contributed by atoms with Crippen LogP contribution in [0.1, 0.15) is 68.3 Å². The Balaban J connectivity index is 1.49. The number of benzene rings is 1. The lowest BCUT2D eigenvalue weighted by Crippen LogP contribution is -2.48. The van der Waals surface area contributed by atoms with Crippen LogP contribution >= 0.6 is 23.2 Å². The summed E-state index contributed by atoms with van der Waals surface area (Å²) in [6.07, 6.45) is 7.82. The maximum Gasteiger partial charge on any atom is 0.293 e. The van der Waals surface area contributed by atoms with Crippen LogP contribution < -0.4 is 5.32 Å². The molecule has 2 aliphatic rings. The monoisotopic (exact) mass is 477 g/mol. The van der Waals surface area contributed by atoms with Crippen molar-refractivity contribution >= 4 is 35.0 Å². The van der Waals surface area contributed by atoms with Crippen molar-refractivity contribution in [1.29, 1.82) is 0 Å². The smallest absolute Gasteiger partial charge is 0.293 e. The fourth-order valence-corrected chi connectivity index (χ4v) is 5.17. The molecule has 172 valence electrons. The molecule has 1 aliphatic heterocycles. The standard InChI is InChI=1S/C23H29Cl2N5O2/c1-2-19-27-21(28-30(19)20-17(24)11-6-12-18(20)25)23(32)29-13-7-8-15(14-29)22(31)26-16-9-4-3-5-10-16/h6,11-12,15-16H,2-5,7-10,13-14H2,1H3,(H,26,31). The van der Waals surface area contributed by atoms with E-state index in [2.05, 4.69) is 15.4 Å². The number of para-hydroxylation sites is 1. The second-order valence-electron chi connectivity index (χ2n) is 8.62. The Morgan fingerprint density at radius 1 is 1.09 bits per heavy atom. The topological polar surface area (TPSA) is 80.1 Å². The molecule has 1 saturated heterocycles. The minimum Gasteiger partial charge on any atom is -0.353 e. The van der Waals surface area contributed by atoms with Gasteiger partial charge in [0, 0.05) is 25.6 Å². The highest BCUT2D eigenvalue weighted by molar-refractivity contribution is 6.37. The first-order valence-corrected chi connectivity index (χ1v) is 12.2. The van der Waals surface area contributed by atoms with E-state index in [1.165, 1.54) is 19.3 Å². The third-order valence-electron chi connectivity index (χ3n) is 6.36. The zero-order valence-corrected chi connectivity index (χ0v) is 19.8. The molecule has 1 aromatic carbocycles. The highest BCUT2D eigenvalue weighted by Crippen LogP contribution is 2.29. The molecule has 2 heterocycles. The van der Waals surface area contributed by atoms with Crippen LogP contribution in [0.5, 0.6) is 0 Å². The van der Waals surface area contributed by atoms with Gasteiger partial charge in [-0.2, -0.15) is 0 Å². The van der Waals surface area contributed by atoms with Crippen molar-refractivity contribution in [3.63, 3.8) is 0 Å². The zero-order valence-electron chi connectivity index (χ0n) is 18.3. The van der Waals surface area contributed by atoms with Crippen LogP contribution in [-0.2, 0) is 11.2 Å². The maximum absolute atomic E-state index is 13.2. The maximum atomic E-state index is 13.2. The first-order valence-electron chi connectivity index (χ1n) is 11.5. The Bertz CT molecular complexity index is 967. The quantitative estimate of drug-likeness (QED) is 0.689. The van der Waals surface area contributed by atoms with Crippen LogP contribution in [0, 0.1) is 5.92 Å². The van der Waals surface area contributed by atoms with Gasteiger partial charge in [0.15, 0.2) is 0 Å². The Labute approximate surface area is 198 Å². The molecule has 4 rings (SSSR count). The number of nitrogens with zero attached hydrogens (tertiary/aromatic N) is 4. The molecule has 1 N–H and O–H groups in total. The number of amides is 2. The summed E-state index contributed by atoms with van der Waals surface area (Å²) in [6.45, 7) is 2.92. The molecule has 2 fully saturated rings. The second-order valence-corrected chi connectivity index (χ2v) is 9.44. The largest absolute Gasteiger partial charge is 0.353 e. The Morgan fingerprint density at radius 2 is 1.81 bits per heavy atom. The summed E-state index contributed by atoms with van der Waals surface area (Å²) < 4.78 is 1.55. The lowest BCUT2D eigenvalue weighted by Gasteiger charge is -2.33. The van der Waals surface area contributed by atoms with Crippen LogP contribution in [0.4, 0.5) is 0 Å². The highest BCUT2D eigenvalue weighted by Gasteiger charge is 2.32. The molecular weight excluding hydrogens is 449 g/mol. The number of hydrogen-bond donors (Lipinski definition) is 1. The number of likely N-dealkylation sites (tertiary alicyclic amines) is 1. The molecule has 2 amide bonds. The normalized spacial score (nSPS) is 19.7. The van der Waals surface area contributed by atoms with Crippen LogP contribution in [0.3, 0.4) is 0 Å². The van der Waals surface area contributed by atoms with Crippen LogP contribution in [0.15, 0.2) is 18.2 Å². The number of nitrogens with one attached hydrogen (secondary N) is 1. The van der Waals surface area contributed by atoms with Crippen LogP contribution in [0.2, 0.25) is 10.0 Å². The van der Waals surface area contributed by atoms with Gasteiger partial charge in [-0.05, 0) is 37.8 Å². The van der Waals surface area contributed by atoms with Gasteiger partial charge in [-0.15, -0.1) is 5.10 Å². The number of carbonyl (C=O) groups excluding carboxylic acids is 2. The summed E-state index contributed by atoms with van der Waals surface area (Å²) in [6, 6.07) is 5.48. The molecule has 1 saturated carbocycles. The lowest BCUT2D eigenvalue weighted by molar-refractivity contribution is -0.127. The summed E-state index contributed by atoms with van der Waals surface area (Å²) >= 11 is 12.7. The minimum atomic E-state index is -0.267. The fraction of sp³-hybridized carbons (Fsp3) is 0.565. The SMILES string of the molecule is CCc1nc(C(=O)N2CCCC(C(=O)NC3CCCCC3)C2)nn1-c1c(Cl)cccc1Cl. The van der Waals surface area contributed by atoms with Crippen molar-refractivity contribution in [2.45, 2.75) is 64.3 Å². The van der Waals surface area contributed by atoms with Gasteiger partial charge in [-0.3, -0.25) is 9.59 Å². The fourth-order valence-electron chi connectivity index (χ4n) is 4.62. The van der Waals surface area contributed by atoms with Crippen molar-refractivity contribution in [3.8, 4) is 5.69 Å². The summed E-state index contributed by atoms with van der Waals surface area (Å²) in [4.78, 5) is 32.2. The Kier molecular flexibility index (Phi) is 7.36. The second kappa shape index (κ2) is 10.2. The molecule has 1 aromatic heterocycles. The summed E-state index contributed by atoms with van der Waals surface area (Å²) in [5.74, 6) is 0.306. The van der Waals surface area contributed by atoms with Crippen LogP contribution in [-0.4, -0.2) is 50.6 Å². The summed E-state index contributed by atoms with van der Waals surface area (Å²) in [5, 5.41) is 8.54. The molecule has 0 spiro atoms. The van der Waals surface area contributed by atoms with Crippen LogP contribution in [0.25, 0.3) is 5.69 Å². The van der Waals surface area contributed by atoms with E-state index in [1.54, 1.807) is 27.8 Å². The molecule has 1 atom stereocenters. The minimum absolute atomic E-state index is 0.0602. The van der Waals surface area contributed by atoms with Crippen molar-refractivity contribution < 1.29 is 9.59 Å². The number of hydrogen-bond acceptors (Lipinski definition) is 4. The van der Waals surface area contributed by atoms with Gasteiger partial charge < -0.3 is 10.2 Å². The average molecular weight is 478 g/mol. The van der Waals surface area contributed by atoms with E-state index in [0.717, 1.165) is 25.7 Å². The molecule has 0 radical (unpaired) electrons. The van der Waals surface area contributed by atoms with Gasteiger partial charge in [0.1, 0.15) is 11.5 Å². The lowest BCUT2D eigenvalue weighted by atomic mass is 9.93. The summed E-state index contributed by atoms with van der Waals surface area (Å²) in [7, 11) is 0. The number of piperidine rings is 1. The molecule has 1 aliphatic carbocycles. The van der Waals surface area contributed by atoms with E-state index in [4.69, 9.17) is 23.2 Å². The van der Waals surface area contributed by atoms with E-state index >= 15 is 0 Å². The van der Waals surface area contributed by atoms with E-state index in [1.807, 2.05) is 6.92 Å². The average Bonchev–Trinajstić information content (AvgIpc) is 3.23. The first kappa shape index (κ1) is 23.1. The van der Waals surface area contributed by atoms with E-state index in [0.29, 0.717) is 41.1 Å². The number of rotatable bonds is 5. The molecule has 7 nitrogen and oxygen atoms in total. The van der Waals surface area contributed by atoms with Gasteiger partial charge in [-0.1, -0.05) is 55.5 Å². The van der Waals surface area contributed by atoms with Gasteiger partial charge in [-0.25, -0.2) is 9.67 Å². The third-order valence-corrected chi connectivity index (χ3v) is 6.97. The van der Waals surface area contributed by atoms with Gasteiger partial charge in [0.05, 0.1) is 16.0 Å². The van der Waals surface area contributed by atoms with E-state index in [9.17, 15) is 9.59 Å². The molecule has 2 aromatic rings. The number of aromatic nitrogens is 3. The predicted octanol–water partition coefficient (Wildman–Crippen LogP) is 4.44. The Morgan fingerprint density at radius 3 is 2.50 bits per heavy atom. The molecule has 9 heteroatoms. The van der Waals surface area contributed by atoms with Gasteiger partial charge in [0.25, 0.3) is 5.91 Å². The molecule has 32 heavy (non-hydrogen) atoms. The predicted molar refractivity (Wildman–Crippen MR) is 124 cm³/mol. The number of halogens is 2. The van der Waals surface area contributed by atoms with Crippen molar-refractivity contribution in [1.82, 2.24) is 25.0 Å².